The highest BCUT2D eigenvalue weighted by Gasteiger charge is 2.21. The van der Waals surface area contributed by atoms with E-state index in [0.717, 1.165) is 11.1 Å². The summed E-state index contributed by atoms with van der Waals surface area (Å²) in [4.78, 5) is 38.2. The number of thiazole rings is 1. The lowest BCUT2D eigenvalue weighted by molar-refractivity contribution is -0.127. The molecule has 0 aliphatic heterocycles. The second-order valence-electron chi connectivity index (χ2n) is 4.80. The third kappa shape index (κ3) is 4.36. The highest BCUT2D eigenvalue weighted by molar-refractivity contribution is 7.13. The molecule has 0 aliphatic carbocycles. The van der Waals surface area contributed by atoms with Gasteiger partial charge in [-0.25, -0.2) is 14.6 Å². The van der Waals surface area contributed by atoms with E-state index in [-0.39, 0.29) is 5.69 Å². The molecule has 2 rings (SSSR count). The number of carbonyl (C=O) groups is 3. The number of aromatic nitrogens is 1. The Labute approximate surface area is 136 Å². The Morgan fingerprint density at radius 2 is 1.91 bits per heavy atom. The minimum atomic E-state index is -1.15. The first kappa shape index (κ1) is 16.6. The molecule has 0 fully saturated rings. The van der Waals surface area contributed by atoms with Gasteiger partial charge in [0.1, 0.15) is 5.01 Å². The minimum Gasteiger partial charge on any atom is -0.448 e. The van der Waals surface area contributed by atoms with E-state index < -0.39 is 24.0 Å². The van der Waals surface area contributed by atoms with Crippen LogP contribution in [0.5, 0.6) is 0 Å². The molecule has 0 radical (unpaired) electrons. The van der Waals surface area contributed by atoms with Gasteiger partial charge in [-0.3, -0.25) is 10.1 Å². The third-order valence-corrected chi connectivity index (χ3v) is 3.80. The van der Waals surface area contributed by atoms with Crippen molar-refractivity contribution in [2.75, 3.05) is 0 Å². The van der Waals surface area contributed by atoms with Crippen molar-refractivity contribution < 1.29 is 19.1 Å². The van der Waals surface area contributed by atoms with Crippen LogP contribution in [0.25, 0.3) is 10.6 Å². The molecule has 0 saturated carbocycles. The van der Waals surface area contributed by atoms with Crippen molar-refractivity contribution >= 4 is 29.2 Å². The van der Waals surface area contributed by atoms with Gasteiger partial charge in [0.05, 0.1) is 0 Å². The average Bonchev–Trinajstić information content (AvgIpc) is 2.97. The lowest BCUT2D eigenvalue weighted by Gasteiger charge is -2.10. The van der Waals surface area contributed by atoms with Crippen molar-refractivity contribution in [1.82, 2.24) is 10.3 Å². The van der Waals surface area contributed by atoms with Crippen molar-refractivity contribution in [1.29, 1.82) is 0 Å². The van der Waals surface area contributed by atoms with Crippen LogP contribution in [0.3, 0.4) is 0 Å². The number of rotatable bonds is 4. The number of nitrogens with two attached hydrogens (primary N) is 1. The van der Waals surface area contributed by atoms with E-state index in [1.165, 1.54) is 18.3 Å². The molecular formula is C15H15N3O4S. The van der Waals surface area contributed by atoms with Gasteiger partial charge in [0.15, 0.2) is 11.8 Å². The topological polar surface area (TPSA) is 111 Å². The molecule has 0 bridgehead atoms. The van der Waals surface area contributed by atoms with E-state index in [1.807, 2.05) is 36.5 Å². The zero-order valence-electron chi connectivity index (χ0n) is 12.5. The zero-order valence-corrected chi connectivity index (χ0v) is 13.3. The van der Waals surface area contributed by atoms with Gasteiger partial charge in [0, 0.05) is 10.9 Å². The van der Waals surface area contributed by atoms with Gasteiger partial charge in [-0.05, 0) is 13.8 Å². The number of hydrogen-bond acceptors (Lipinski definition) is 6. The fourth-order valence-electron chi connectivity index (χ4n) is 1.69. The summed E-state index contributed by atoms with van der Waals surface area (Å²) >= 11 is 1.30. The summed E-state index contributed by atoms with van der Waals surface area (Å²) in [6, 6.07) is 6.71. The van der Waals surface area contributed by atoms with Crippen molar-refractivity contribution in [2.45, 2.75) is 20.0 Å². The van der Waals surface area contributed by atoms with Gasteiger partial charge in [0.2, 0.25) is 0 Å². The number of nitrogens with one attached hydrogen (secondary N) is 1. The predicted octanol–water partition coefficient (Wildman–Crippen LogP) is 1.86. The molecule has 0 saturated heterocycles. The first-order chi connectivity index (χ1) is 10.9. The Morgan fingerprint density at radius 3 is 2.52 bits per heavy atom. The highest BCUT2D eigenvalue weighted by atomic mass is 32.1. The second kappa shape index (κ2) is 7.01. The van der Waals surface area contributed by atoms with Gasteiger partial charge in [-0.2, -0.15) is 0 Å². The fourth-order valence-corrected chi connectivity index (χ4v) is 2.49. The van der Waals surface area contributed by atoms with E-state index in [1.54, 1.807) is 5.38 Å². The molecule has 1 heterocycles. The van der Waals surface area contributed by atoms with E-state index in [9.17, 15) is 14.4 Å². The monoisotopic (exact) mass is 333 g/mol. The lowest BCUT2D eigenvalue weighted by atomic mass is 10.2. The molecule has 3 N–H and O–H groups in total. The standard InChI is InChI=1S/C15H15N3O4S/c1-8-3-5-10(6-4-8)13-17-11(7-23-13)14(20)22-9(2)12(19)18-15(16)21/h3-7,9H,1-2H3,(H3,16,18,19,21)/t9-/m0/s1. The number of carbonyl (C=O) groups excluding carboxylic acids is 3. The smallest absolute Gasteiger partial charge is 0.358 e. The van der Waals surface area contributed by atoms with Crippen LogP contribution in [-0.2, 0) is 9.53 Å². The SMILES string of the molecule is Cc1ccc(-c2nc(C(=O)O[C@@H](C)C(=O)NC(N)=O)cs2)cc1. The third-order valence-electron chi connectivity index (χ3n) is 2.91. The number of benzene rings is 1. The van der Waals surface area contributed by atoms with Crippen LogP contribution in [0.1, 0.15) is 23.0 Å². The van der Waals surface area contributed by atoms with Crippen LogP contribution in [0, 0.1) is 6.92 Å². The Kier molecular flexibility index (Phi) is 5.07. The molecule has 0 aliphatic rings. The van der Waals surface area contributed by atoms with Gasteiger partial charge < -0.3 is 10.5 Å². The summed E-state index contributed by atoms with van der Waals surface area (Å²) in [7, 11) is 0. The number of nitrogens with zero attached hydrogens (tertiary/aromatic N) is 1. The van der Waals surface area contributed by atoms with Crippen LogP contribution in [0.4, 0.5) is 4.79 Å². The Morgan fingerprint density at radius 1 is 1.26 bits per heavy atom. The number of hydrogen-bond donors (Lipinski definition) is 2. The van der Waals surface area contributed by atoms with Crippen molar-refractivity contribution in [3.63, 3.8) is 0 Å². The molecule has 1 aromatic heterocycles. The van der Waals surface area contributed by atoms with Crippen molar-refractivity contribution in [3.05, 3.63) is 40.9 Å². The van der Waals surface area contributed by atoms with E-state index in [0.29, 0.717) is 5.01 Å². The summed E-state index contributed by atoms with van der Waals surface area (Å²) in [5.74, 6) is -1.54. The first-order valence-electron chi connectivity index (χ1n) is 6.70. The number of urea groups is 1. The largest absolute Gasteiger partial charge is 0.448 e. The maximum Gasteiger partial charge on any atom is 0.358 e. The first-order valence-corrected chi connectivity index (χ1v) is 7.58. The number of ether oxygens (including phenoxy) is 1. The van der Waals surface area contributed by atoms with E-state index in [2.05, 4.69) is 4.98 Å². The number of aryl methyl sites for hydroxylation is 1. The van der Waals surface area contributed by atoms with Gasteiger partial charge >= 0.3 is 12.0 Å². The van der Waals surface area contributed by atoms with Gasteiger partial charge in [-0.1, -0.05) is 29.8 Å². The van der Waals surface area contributed by atoms with Crippen LogP contribution in [0.15, 0.2) is 29.6 Å². The van der Waals surface area contributed by atoms with E-state index in [4.69, 9.17) is 10.5 Å². The summed E-state index contributed by atoms with van der Waals surface area (Å²) in [5.41, 5.74) is 6.94. The molecule has 1 aromatic carbocycles. The zero-order chi connectivity index (χ0) is 17.0. The van der Waals surface area contributed by atoms with Gasteiger partial charge in [-0.15, -0.1) is 11.3 Å². The number of esters is 1. The van der Waals surface area contributed by atoms with E-state index >= 15 is 0 Å². The van der Waals surface area contributed by atoms with Crippen LogP contribution in [0.2, 0.25) is 0 Å². The summed E-state index contributed by atoms with van der Waals surface area (Å²) in [6.07, 6.45) is -1.15. The van der Waals surface area contributed by atoms with Gasteiger partial charge in [0.25, 0.3) is 5.91 Å². The quantitative estimate of drug-likeness (QED) is 0.830. The molecule has 120 valence electrons. The molecule has 2 aromatic rings. The Balaban J connectivity index is 2.05. The fraction of sp³-hybridized carbons (Fsp3) is 0.200. The van der Waals surface area contributed by atoms with Crippen LogP contribution >= 0.6 is 11.3 Å². The normalized spacial score (nSPS) is 11.6. The molecule has 23 heavy (non-hydrogen) atoms. The summed E-state index contributed by atoms with van der Waals surface area (Å²) in [6.45, 7) is 3.32. The average molecular weight is 333 g/mol. The van der Waals surface area contributed by atoms with Crippen molar-refractivity contribution in [3.8, 4) is 10.6 Å². The Bertz CT molecular complexity index is 739. The molecule has 0 spiro atoms. The number of amides is 3. The maximum atomic E-state index is 12.0. The maximum absolute atomic E-state index is 12.0. The molecule has 0 unspecified atom stereocenters. The molecule has 7 nitrogen and oxygen atoms in total. The van der Waals surface area contributed by atoms with Crippen molar-refractivity contribution in [2.24, 2.45) is 5.73 Å². The van der Waals surface area contributed by atoms with Crippen LogP contribution in [-0.4, -0.2) is 29.0 Å². The molecule has 8 heteroatoms. The highest BCUT2D eigenvalue weighted by Crippen LogP contribution is 2.24. The lowest BCUT2D eigenvalue weighted by Crippen LogP contribution is -2.42. The molecule has 3 amide bonds. The molecular weight excluding hydrogens is 318 g/mol. The predicted molar refractivity (Wildman–Crippen MR) is 84.9 cm³/mol. The number of imide groups is 1. The second-order valence-corrected chi connectivity index (χ2v) is 5.66. The summed E-state index contributed by atoms with van der Waals surface area (Å²) < 4.78 is 4.95. The molecule has 1 atom stereocenters. The van der Waals surface area contributed by atoms with Crippen LogP contribution < -0.4 is 11.1 Å². The number of primary amides is 1. The summed E-state index contributed by atoms with van der Waals surface area (Å²) in [5, 5.41) is 4.06. The Hall–Kier alpha value is -2.74. The minimum absolute atomic E-state index is 0.101.